The van der Waals surface area contributed by atoms with Gasteiger partial charge in [0.25, 0.3) is 0 Å². The molecule has 5 nitrogen and oxygen atoms in total. The van der Waals surface area contributed by atoms with Gasteiger partial charge in [0.1, 0.15) is 5.82 Å². The van der Waals surface area contributed by atoms with Crippen molar-refractivity contribution >= 4 is 17.1 Å². The predicted molar refractivity (Wildman–Crippen MR) is 111 cm³/mol. The van der Waals surface area contributed by atoms with Gasteiger partial charge in [0.2, 0.25) is 0 Å². The number of hydrogen-bond acceptors (Lipinski definition) is 5. The molecule has 30 heavy (non-hydrogen) atoms. The van der Waals surface area contributed by atoms with Crippen LogP contribution >= 0.6 is 0 Å². The maximum Gasteiger partial charge on any atom is 0.416 e. The molecule has 3 rings (SSSR count). The van der Waals surface area contributed by atoms with Gasteiger partial charge in [-0.2, -0.15) is 13.2 Å². The number of aromatic nitrogens is 1. The number of nitrogens with two attached hydrogens (primary N) is 2. The summed E-state index contributed by atoms with van der Waals surface area (Å²) in [5.74, 6) is 0.300. The van der Waals surface area contributed by atoms with Crippen molar-refractivity contribution in [1.29, 1.82) is 0 Å². The first-order chi connectivity index (χ1) is 14.2. The summed E-state index contributed by atoms with van der Waals surface area (Å²) in [6, 6.07) is 6.02. The number of nitrogens with zero attached hydrogens (tertiary/aromatic N) is 1. The molecule has 0 atom stereocenters. The lowest BCUT2D eigenvalue weighted by Gasteiger charge is -2.16. The smallest absolute Gasteiger partial charge is 0.401 e. The van der Waals surface area contributed by atoms with Crippen LogP contribution in [0.5, 0.6) is 0 Å². The van der Waals surface area contributed by atoms with Crippen LogP contribution < -0.4 is 27.4 Å². The molecular weight excluding hydrogens is 393 g/mol. The second-order valence-electron chi connectivity index (χ2n) is 7.21. The number of rotatable bonds is 4. The van der Waals surface area contributed by atoms with Crippen LogP contribution in [-0.2, 0) is 17.5 Å². The van der Waals surface area contributed by atoms with Gasteiger partial charge in [-0.15, -0.1) is 0 Å². The zero-order valence-electron chi connectivity index (χ0n) is 16.9. The number of pyridine rings is 1. The van der Waals surface area contributed by atoms with Gasteiger partial charge >= 0.3 is 6.18 Å². The maximum absolute atomic E-state index is 13.2. The summed E-state index contributed by atoms with van der Waals surface area (Å²) in [6.45, 7) is 4.51. The molecule has 2 heterocycles. The van der Waals surface area contributed by atoms with Crippen LogP contribution in [0.15, 0.2) is 36.5 Å². The van der Waals surface area contributed by atoms with Gasteiger partial charge in [0.05, 0.1) is 24.1 Å². The van der Waals surface area contributed by atoms with Crippen molar-refractivity contribution < 1.29 is 17.9 Å². The number of alkyl halides is 3. The van der Waals surface area contributed by atoms with Crippen LogP contribution in [0, 0.1) is 6.92 Å². The average Bonchev–Trinajstić information content (AvgIpc) is 2.72. The molecule has 0 saturated heterocycles. The highest BCUT2D eigenvalue weighted by Gasteiger charge is 2.32. The zero-order valence-corrected chi connectivity index (χ0v) is 16.9. The first-order valence-electron chi connectivity index (χ1n) is 9.57. The third kappa shape index (κ3) is 4.76. The van der Waals surface area contributed by atoms with Crippen LogP contribution in [0.4, 0.5) is 13.2 Å². The minimum atomic E-state index is -4.40. The van der Waals surface area contributed by atoms with Gasteiger partial charge < -0.3 is 21.5 Å². The Morgan fingerprint density at radius 1 is 1.27 bits per heavy atom. The van der Waals surface area contributed by atoms with E-state index in [1.54, 1.807) is 19.2 Å². The number of halogens is 3. The lowest BCUT2D eigenvalue weighted by Crippen LogP contribution is -2.40. The normalized spacial score (nSPS) is 16.6. The molecule has 160 valence electrons. The van der Waals surface area contributed by atoms with Crippen LogP contribution in [0.1, 0.15) is 35.6 Å². The molecular formula is C22H25F3N4O. The highest BCUT2D eigenvalue weighted by Crippen LogP contribution is 2.32. The summed E-state index contributed by atoms with van der Waals surface area (Å²) in [7, 11) is 0. The van der Waals surface area contributed by atoms with E-state index in [-0.39, 0.29) is 12.1 Å². The summed E-state index contributed by atoms with van der Waals surface area (Å²) >= 11 is 0. The second kappa shape index (κ2) is 8.79. The monoisotopic (exact) mass is 418 g/mol. The third-order valence-electron chi connectivity index (χ3n) is 5.11. The van der Waals surface area contributed by atoms with Crippen molar-refractivity contribution in [1.82, 2.24) is 10.3 Å². The Morgan fingerprint density at radius 3 is 2.67 bits per heavy atom. The van der Waals surface area contributed by atoms with E-state index < -0.39 is 11.7 Å². The van der Waals surface area contributed by atoms with Gasteiger partial charge in [-0.1, -0.05) is 18.2 Å². The highest BCUT2D eigenvalue weighted by molar-refractivity contribution is 5.66. The fraction of sp³-hybridized carbons (Fsp3) is 0.318. The van der Waals surface area contributed by atoms with Gasteiger partial charge in [0, 0.05) is 23.7 Å². The molecule has 0 fully saturated rings. The minimum Gasteiger partial charge on any atom is -0.401 e. The molecule has 1 aliphatic rings. The summed E-state index contributed by atoms with van der Waals surface area (Å²) in [6.07, 6.45) is 0.113. The number of ether oxygens (including phenoxy) is 1. The quantitative estimate of drug-likeness (QED) is 0.708. The van der Waals surface area contributed by atoms with Crippen LogP contribution in [0.2, 0.25) is 0 Å². The standard InChI is InChI=1S/C22H25F3N4O/c1-13-16(4-3-5-19(13)22(23,24)25)11-29-21(27)18-10-17(12-28-20(18)14(2)26)15-6-8-30-9-7-15/h3-6,10,12,29H,7-9,11,26-27H2,1-2H3/b20-14+,21-18+. The number of nitrogens with one attached hydrogen (secondary N) is 1. The fourth-order valence-corrected chi connectivity index (χ4v) is 3.42. The second-order valence-corrected chi connectivity index (χ2v) is 7.21. The summed E-state index contributed by atoms with van der Waals surface area (Å²) in [4.78, 5) is 4.46. The SMILES string of the molecule is C/C(N)=c1\ncc(C2=CCOCC2)c\c1=C(\N)NCc1cccc(C(F)(F)F)c1C. The molecule has 5 N–H and O–H groups in total. The van der Waals surface area contributed by atoms with Gasteiger partial charge in [-0.25, -0.2) is 0 Å². The van der Waals surface area contributed by atoms with E-state index in [0.717, 1.165) is 23.6 Å². The molecule has 1 aromatic carbocycles. The van der Waals surface area contributed by atoms with Crippen molar-refractivity contribution in [2.45, 2.75) is 33.0 Å². The van der Waals surface area contributed by atoms with Crippen molar-refractivity contribution in [3.8, 4) is 0 Å². The van der Waals surface area contributed by atoms with Gasteiger partial charge in [0.15, 0.2) is 0 Å². The van der Waals surface area contributed by atoms with E-state index in [4.69, 9.17) is 16.2 Å². The van der Waals surface area contributed by atoms with Crippen molar-refractivity contribution in [3.63, 3.8) is 0 Å². The molecule has 0 saturated carbocycles. The predicted octanol–water partition coefficient (Wildman–Crippen LogP) is 2.11. The third-order valence-corrected chi connectivity index (χ3v) is 5.11. The van der Waals surface area contributed by atoms with Crippen LogP contribution in [0.25, 0.3) is 17.1 Å². The largest absolute Gasteiger partial charge is 0.416 e. The number of hydrogen-bond donors (Lipinski definition) is 3. The van der Waals surface area contributed by atoms with Crippen molar-refractivity contribution in [3.05, 3.63) is 69.4 Å². The molecule has 0 bridgehead atoms. The Labute approximate surface area is 172 Å². The molecule has 2 aromatic rings. The van der Waals surface area contributed by atoms with E-state index in [0.29, 0.717) is 40.9 Å². The first-order valence-corrected chi connectivity index (χ1v) is 9.57. The highest BCUT2D eigenvalue weighted by atomic mass is 19.4. The van der Waals surface area contributed by atoms with E-state index in [1.165, 1.54) is 13.0 Å². The number of benzene rings is 1. The molecule has 0 radical (unpaired) electrons. The Kier molecular flexibility index (Phi) is 6.36. The van der Waals surface area contributed by atoms with Crippen molar-refractivity contribution in [2.24, 2.45) is 11.5 Å². The lowest BCUT2D eigenvalue weighted by atomic mass is 10.0. The summed E-state index contributed by atoms with van der Waals surface area (Å²) < 4.78 is 44.8. The maximum atomic E-state index is 13.2. The average molecular weight is 418 g/mol. The van der Waals surface area contributed by atoms with Crippen molar-refractivity contribution in [2.75, 3.05) is 13.2 Å². The topological polar surface area (TPSA) is 86.2 Å². The molecule has 8 heteroatoms. The molecule has 0 aliphatic carbocycles. The zero-order chi connectivity index (χ0) is 21.9. The molecule has 0 unspecified atom stereocenters. The molecule has 0 amide bonds. The molecule has 1 aliphatic heterocycles. The van der Waals surface area contributed by atoms with Crippen LogP contribution in [0.3, 0.4) is 0 Å². The van der Waals surface area contributed by atoms with Gasteiger partial charge in [-0.3, -0.25) is 4.98 Å². The molecule has 1 aromatic heterocycles. The summed E-state index contributed by atoms with van der Waals surface area (Å²) in [5.41, 5.74) is 14.8. The Hall–Kier alpha value is -3.00. The van der Waals surface area contributed by atoms with E-state index >= 15 is 0 Å². The lowest BCUT2D eigenvalue weighted by molar-refractivity contribution is -0.138. The van der Waals surface area contributed by atoms with E-state index in [1.807, 2.05) is 12.1 Å². The van der Waals surface area contributed by atoms with E-state index in [2.05, 4.69) is 10.3 Å². The fourth-order valence-electron chi connectivity index (χ4n) is 3.42. The Balaban J connectivity index is 1.99. The minimum absolute atomic E-state index is 0.144. The first kappa shape index (κ1) is 21.7. The van der Waals surface area contributed by atoms with Crippen LogP contribution in [-0.4, -0.2) is 18.2 Å². The van der Waals surface area contributed by atoms with E-state index in [9.17, 15) is 13.2 Å². The Morgan fingerprint density at radius 2 is 2.03 bits per heavy atom. The summed E-state index contributed by atoms with van der Waals surface area (Å²) in [5, 5.41) is 4.19. The molecule has 0 spiro atoms. The Bertz CT molecular complexity index is 1090. The van der Waals surface area contributed by atoms with Gasteiger partial charge in [-0.05, 0) is 54.7 Å².